The van der Waals surface area contributed by atoms with Crippen molar-refractivity contribution < 1.29 is 0 Å². The molecule has 0 heterocycles. The van der Waals surface area contributed by atoms with Crippen LogP contribution >= 0.6 is 0 Å². The summed E-state index contributed by atoms with van der Waals surface area (Å²) in [5.41, 5.74) is 0. The normalized spacial score (nSPS) is 29.0. The Morgan fingerprint density at radius 2 is 1.17 bits per heavy atom. The minimum atomic E-state index is 1.00. The van der Waals surface area contributed by atoms with E-state index in [9.17, 15) is 0 Å². The first-order chi connectivity index (χ1) is 5.72. The van der Waals surface area contributed by atoms with Crippen molar-refractivity contribution in [1.82, 2.24) is 0 Å². The maximum absolute atomic E-state index is 2.38. The van der Waals surface area contributed by atoms with E-state index in [1.807, 2.05) is 0 Å². The summed E-state index contributed by atoms with van der Waals surface area (Å²) < 4.78 is 0. The molecule has 0 aliphatic heterocycles. The summed E-state index contributed by atoms with van der Waals surface area (Å²) in [5, 5.41) is 0. The molecule has 0 saturated heterocycles. The summed E-state index contributed by atoms with van der Waals surface area (Å²) in [6, 6.07) is 0. The molecule has 1 saturated carbocycles. The van der Waals surface area contributed by atoms with Crippen molar-refractivity contribution in [1.29, 1.82) is 0 Å². The molecule has 2 unspecified atom stereocenters. The molecule has 0 spiro atoms. The van der Waals surface area contributed by atoms with Crippen LogP contribution in [-0.4, -0.2) is 0 Å². The lowest BCUT2D eigenvalue weighted by Crippen LogP contribution is -2.12. The van der Waals surface area contributed by atoms with Crippen LogP contribution in [0, 0.1) is 11.8 Å². The predicted octanol–water partition coefficient (Wildman–Crippen LogP) is 4.64. The molecule has 0 aromatic heterocycles. The van der Waals surface area contributed by atoms with Crippen LogP contribution in [0.4, 0.5) is 0 Å². The van der Waals surface area contributed by atoms with Gasteiger partial charge in [0, 0.05) is 0 Å². The van der Waals surface area contributed by atoms with Gasteiger partial charge in [0.2, 0.25) is 0 Å². The third kappa shape index (κ3) is 5.62. The second-order valence-electron chi connectivity index (χ2n) is 4.24. The lowest BCUT2D eigenvalue weighted by Gasteiger charge is -2.24. The first-order valence-electron chi connectivity index (χ1n) is 5.72. The van der Waals surface area contributed by atoms with Crippen LogP contribution in [0.5, 0.6) is 0 Å². The molecule has 0 aromatic rings. The van der Waals surface area contributed by atoms with Crippen molar-refractivity contribution in [3.05, 3.63) is 0 Å². The molecule has 12 heavy (non-hydrogen) atoms. The van der Waals surface area contributed by atoms with Crippen molar-refractivity contribution >= 4 is 0 Å². The van der Waals surface area contributed by atoms with Crippen LogP contribution in [0.25, 0.3) is 0 Å². The quantitative estimate of drug-likeness (QED) is 0.538. The fraction of sp³-hybridized carbons (Fsp3) is 1.00. The average Bonchev–Trinajstić information content (AvgIpc) is 2.11. The van der Waals surface area contributed by atoms with Crippen LogP contribution in [0.2, 0.25) is 0 Å². The summed E-state index contributed by atoms with van der Waals surface area (Å²) in [6.45, 7) is 9.12. The van der Waals surface area contributed by atoms with Crippen LogP contribution in [0.3, 0.4) is 0 Å². The van der Waals surface area contributed by atoms with E-state index in [1.54, 1.807) is 0 Å². The van der Waals surface area contributed by atoms with Crippen molar-refractivity contribution in [2.75, 3.05) is 0 Å². The third-order valence-electron chi connectivity index (χ3n) is 3.04. The van der Waals surface area contributed by atoms with Gasteiger partial charge in [0.15, 0.2) is 0 Å². The van der Waals surface area contributed by atoms with Crippen molar-refractivity contribution in [3.8, 4) is 0 Å². The van der Waals surface area contributed by atoms with Gasteiger partial charge in [-0.3, -0.25) is 0 Å². The maximum Gasteiger partial charge on any atom is -0.0417 e. The highest BCUT2D eigenvalue weighted by Gasteiger charge is 2.15. The molecule has 0 radical (unpaired) electrons. The van der Waals surface area contributed by atoms with E-state index in [-0.39, 0.29) is 0 Å². The lowest BCUT2D eigenvalue weighted by atomic mass is 9.82. The van der Waals surface area contributed by atoms with E-state index in [0.29, 0.717) is 0 Å². The Hall–Kier alpha value is 0. The lowest BCUT2D eigenvalue weighted by molar-refractivity contribution is 0.277. The molecule has 2 atom stereocenters. The van der Waals surface area contributed by atoms with Crippen LogP contribution in [0.1, 0.15) is 66.2 Å². The first-order valence-corrected chi connectivity index (χ1v) is 5.72. The molecule has 1 fully saturated rings. The summed E-state index contributed by atoms with van der Waals surface area (Å²) in [5.74, 6) is 2.01. The minimum Gasteiger partial charge on any atom is -0.0654 e. The van der Waals surface area contributed by atoms with Crippen molar-refractivity contribution in [3.63, 3.8) is 0 Å². The molecule has 0 N–H and O–H groups in total. The Kier molecular flexibility index (Phi) is 7.64. The number of rotatable bonds is 1. The van der Waals surface area contributed by atoms with Gasteiger partial charge in [-0.1, -0.05) is 66.2 Å². The van der Waals surface area contributed by atoms with Gasteiger partial charge in [-0.15, -0.1) is 0 Å². The highest BCUT2D eigenvalue weighted by atomic mass is 14.2. The van der Waals surface area contributed by atoms with Gasteiger partial charge in [0.25, 0.3) is 0 Å². The van der Waals surface area contributed by atoms with Crippen LogP contribution in [0.15, 0.2) is 0 Å². The smallest absolute Gasteiger partial charge is 0.0417 e. The second-order valence-corrected chi connectivity index (χ2v) is 4.24. The van der Waals surface area contributed by atoms with E-state index in [2.05, 4.69) is 27.7 Å². The molecule has 0 amide bonds. The van der Waals surface area contributed by atoms with Crippen LogP contribution in [-0.2, 0) is 0 Å². The predicted molar refractivity (Wildman–Crippen MR) is 57.4 cm³/mol. The topological polar surface area (TPSA) is 0 Å². The molecule has 1 aliphatic rings. The Morgan fingerprint density at radius 1 is 0.833 bits per heavy atom. The molecule has 1 rings (SSSR count). The van der Waals surface area contributed by atoms with Gasteiger partial charge >= 0.3 is 0 Å². The number of hydrogen-bond acceptors (Lipinski definition) is 0. The Labute approximate surface area is 78.8 Å². The highest BCUT2D eigenvalue weighted by Crippen LogP contribution is 2.28. The zero-order valence-electron chi connectivity index (χ0n) is 9.40. The first kappa shape index (κ1) is 12.0. The van der Waals surface area contributed by atoms with Crippen molar-refractivity contribution in [2.45, 2.75) is 66.2 Å². The number of hydrogen-bond donors (Lipinski definition) is 0. The van der Waals surface area contributed by atoms with Gasteiger partial charge in [-0.05, 0) is 11.8 Å². The fourth-order valence-corrected chi connectivity index (χ4v) is 1.50. The van der Waals surface area contributed by atoms with Gasteiger partial charge < -0.3 is 0 Å². The second kappa shape index (κ2) is 7.64. The largest absolute Gasteiger partial charge is 0.0654 e. The van der Waals surface area contributed by atoms with E-state index >= 15 is 0 Å². The molecular formula is C12H26. The fourth-order valence-electron chi connectivity index (χ4n) is 1.50. The highest BCUT2D eigenvalue weighted by molar-refractivity contribution is 4.67. The molecule has 0 heteroatoms. The van der Waals surface area contributed by atoms with E-state index in [4.69, 9.17) is 0 Å². The summed E-state index contributed by atoms with van der Waals surface area (Å²) in [7, 11) is 0. The summed E-state index contributed by atoms with van der Waals surface area (Å²) in [6.07, 6.45) is 8.54. The van der Waals surface area contributed by atoms with E-state index in [0.717, 1.165) is 11.8 Å². The molecule has 1 aliphatic carbocycles. The molecule has 0 nitrogen and oxygen atoms in total. The minimum absolute atomic E-state index is 1.00. The standard InChI is InChI=1S/C8H16.C4H10/c1-7-5-3-4-6-8(7)2;1-3-4-2/h7-8H,3-6H2,1-2H3;3-4H2,1-2H3. The zero-order valence-corrected chi connectivity index (χ0v) is 9.40. The Bertz CT molecular complexity index is 74.0. The number of unbranched alkanes of at least 4 members (excludes halogenated alkanes) is 1. The Morgan fingerprint density at radius 3 is 1.33 bits per heavy atom. The molecule has 0 aromatic carbocycles. The van der Waals surface area contributed by atoms with E-state index < -0.39 is 0 Å². The van der Waals surface area contributed by atoms with Gasteiger partial charge in [-0.25, -0.2) is 0 Å². The van der Waals surface area contributed by atoms with E-state index in [1.165, 1.54) is 38.5 Å². The molecular weight excluding hydrogens is 144 g/mol. The van der Waals surface area contributed by atoms with Gasteiger partial charge in [0.1, 0.15) is 0 Å². The van der Waals surface area contributed by atoms with Gasteiger partial charge in [-0.2, -0.15) is 0 Å². The monoisotopic (exact) mass is 170 g/mol. The zero-order chi connectivity index (χ0) is 9.40. The summed E-state index contributed by atoms with van der Waals surface area (Å²) in [4.78, 5) is 0. The maximum atomic E-state index is 2.38. The van der Waals surface area contributed by atoms with Crippen LogP contribution < -0.4 is 0 Å². The Balaban J connectivity index is 0.000000261. The molecule has 74 valence electrons. The van der Waals surface area contributed by atoms with Gasteiger partial charge in [0.05, 0.1) is 0 Å². The van der Waals surface area contributed by atoms with Crippen molar-refractivity contribution in [2.24, 2.45) is 11.8 Å². The summed E-state index contributed by atoms with van der Waals surface area (Å²) >= 11 is 0. The average molecular weight is 170 g/mol. The third-order valence-corrected chi connectivity index (χ3v) is 3.04. The SMILES string of the molecule is CC1CCCCC1C.CCCC. The molecule has 0 bridgehead atoms.